The van der Waals surface area contributed by atoms with E-state index in [1.165, 1.54) is 12.1 Å². The van der Waals surface area contributed by atoms with Crippen molar-refractivity contribution in [3.05, 3.63) is 35.4 Å². The van der Waals surface area contributed by atoms with Gasteiger partial charge < -0.3 is 10.5 Å². The average molecular weight is 302 g/mol. The molecule has 2 unspecified atom stereocenters. The van der Waals surface area contributed by atoms with Gasteiger partial charge in [-0.15, -0.1) is 0 Å². The predicted molar refractivity (Wildman–Crippen MR) is 74.8 cm³/mol. The number of nitrogens with zero attached hydrogens (tertiary/aromatic N) is 1. The molecule has 0 bridgehead atoms. The van der Waals surface area contributed by atoms with Gasteiger partial charge in [0.2, 0.25) is 0 Å². The number of nitrogens with two attached hydrogens (primary N) is 1. The second-order valence-electron chi connectivity index (χ2n) is 5.52. The van der Waals surface area contributed by atoms with Crippen molar-refractivity contribution in [1.82, 2.24) is 4.90 Å². The molecule has 6 heteroatoms. The molecule has 1 aliphatic heterocycles. The van der Waals surface area contributed by atoms with Gasteiger partial charge in [-0.25, -0.2) is 0 Å². The summed E-state index contributed by atoms with van der Waals surface area (Å²) in [5.74, 6) is 0. The maximum absolute atomic E-state index is 12.5. The van der Waals surface area contributed by atoms with Crippen LogP contribution in [0.15, 0.2) is 24.3 Å². The van der Waals surface area contributed by atoms with Crippen LogP contribution in [-0.4, -0.2) is 37.2 Å². The molecule has 1 aromatic carbocycles. The second kappa shape index (κ2) is 6.77. The van der Waals surface area contributed by atoms with Crippen molar-refractivity contribution in [2.75, 3.05) is 26.2 Å². The number of hydrogen-bond donors (Lipinski definition) is 1. The molecule has 0 amide bonds. The van der Waals surface area contributed by atoms with E-state index < -0.39 is 11.7 Å². The SMILES string of the molecule is CC1CN(CC(N)c2ccc(C(F)(F)F)cc2)CCCO1. The van der Waals surface area contributed by atoms with Crippen LogP contribution in [0.3, 0.4) is 0 Å². The summed E-state index contributed by atoms with van der Waals surface area (Å²) in [6.07, 6.45) is -3.20. The lowest BCUT2D eigenvalue weighted by atomic mass is 10.0. The van der Waals surface area contributed by atoms with Gasteiger partial charge in [0.05, 0.1) is 11.7 Å². The van der Waals surface area contributed by atoms with Gasteiger partial charge in [-0.1, -0.05) is 12.1 Å². The van der Waals surface area contributed by atoms with Crippen molar-refractivity contribution in [3.8, 4) is 0 Å². The lowest BCUT2D eigenvalue weighted by Gasteiger charge is -2.25. The summed E-state index contributed by atoms with van der Waals surface area (Å²) < 4.78 is 43.2. The Morgan fingerprint density at radius 1 is 1.33 bits per heavy atom. The Hall–Kier alpha value is -1.11. The Morgan fingerprint density at radius 3 is 2.62 bits per heavy atom. The lowest BCUT2D eigenvalue weighted by molar-refractivity contribution is -0.137. The molecule has 0 aromatic heterocycles. The molecular weight excluding hydrogens is 281 g/mol. The van der Waals surface area contributed by atoms with Crippen molar-refractivity contribution in [2.24, 2.45) is 5.73 Å². The number of rotatable bonds is 3. The molecule has 0 radical (unpaired) electrons. The van der Waals surface area contributed by atoms with Crippen LogP contribution in [0, 0.1) is 0 Å². The molecular formula is C15H21F3N2O. The minimum absolute atomic E-state index is 0.160. The molecule has 0 aliphatic carbocycles. The molecule has 2 atom stereocenters. The Balaban J connectivity index is 1.97. The smallest absolute Gasteiger partial charge is 0.377 e. The molecule has 0 spiro atoms. The molecule has 21 heavy (non-hydrogen) atoms. The first-order valence-electron chi connectivity index (χ1n) is 7.13. The zero-order chi connectivity index (χ0) is 15.5. The third kappa shape index (κ3) is 4.69. The molecule has 1 heterocycles. The van der Waals surface area contributed by atoms with Crippen LogP contribution in [0.5, 0.6) is 0 Å². The number of ether oxygens (including phenoxy) is 1. The fourth-order valence-corrected chi connectivity index (χ4v) is 2.55. The topological polar surface area (TPSA) is 38.5 Å². The summed E-state index contributed by atoms with van der Waals surface area (Å²) >= 11 is 0. The van der Waals surface area contributed by atoms with Gasteiger partial charge in [-0.2, -0.15) is 13.2 Å². The third-order valence-corrected chi connectivity index (χ3v) is 3.66. The van der Waals surface area contributed by atoms with Crippen LogP contribution in [0.1, 0.15) is 30.5 Å². The van der Waals surface area contributed by atoms with Gasteiger partial charge >= 0.3 is 6.18 Å². The highest BCUT2D eigenvalue weighted by molar-refractivity contribution is 5.26. The van der Waals surface area contributed by atoms with Crippen LogP contribution >= 0.6 is 0 Å². The summed E-state index contributed by atoms with van der Waals surface area (Å²) in [6, 6.07) is 4.81. The van der Waals surface area contributed by atoms with Gasteiger partial charge in [0, 0.05) is 32.3 Å². The van der Waals surface area contributed by atoms with E-state index in [-0.39, 0.29) is 12.1 Å². The Labute approximate surface area is 122 Å². The molecule has 118 valence electrons. The van der Waals surface area contributed by atoms with Crippen LogP contribution in [-0.2, 0) is 10.9 Å². The van der Waals surface area contributed by atoms with Crippen molar-refractivity contribution >= 4 is 0 Å². The van der Waals surface area contributed by atoms with Gasteiger partial charge in [-0.05, 0) is 31.0 Å². The standard InChI is InChI=1S/C15H21F3N2O/c1-11-9-20(7-2-8-21-11)10-14(19)12-3-5-13(6-4-12)15(16,17)18/h3-6,11,14H,2,7-10,19H2,1H3. The zero-order valence-electron chi connectivity index (χ0n) is 12.1. The monoisotopic (exact) mass is 302 g/mol. The first-order valence-corrected chi connectivity index (χ1v) is 7.13. The molecule has 0 saturated carbocycles. The van der Waals surface area contributed by atoms with Crippen LogP contribution in [0.25, 0.3) is 0 Å². The summed E-state index contributed by atoms with van der Waals surface area (Å²) in [7, 11) is 0. The fraction of sp³-hybridized carbons (Fsp3) is 0.600. The highest BCUT2D eigenvalue weighted by Gasteiger charge is 2.30. The maximum Gasteiger partial charge on any atom is 0.416 e. The molecule has 1 fully saturated rings. The quantitative estimate of drug-likeness (QED) is 0.933. The number of alkyl halides is 3. The highest BCUT2D eigenvalue weighted by atomic mass is 19.4. The third-order valence-electron chi connectivity index (χ3n) is 3.66. The van der Waals surface area contributed by atoms with Crippen LogP contribution in [0.2, 0.25) is 0 Å². The fourth-order valence-electron chi connectivity index (χ4n) is 2.55. The number of hydrogen-bond acceptors (Lipinski definition) is 3. The van der Waals surface area contributed by atoms with Crippen LogP contribution in [0.4, 0.5) is 13.2 Å². The Bertz CT molecular complexity index is 447. The lowest BCUT2D eigenvalue weighted by Crippen LogP contribution is -2.36. The Kier molecular flexibility index (Phi) is 5.24. The normalized spacial score (nSPS) is 22.8. The summed E-state index contributed by atoms with van der Waals surface area (Å²) in [4.78, 5) is 2.21. The number of halogens is 3. The summed E-state index contributed by atoms with van der Waals surface area (Å²) in [6.45, 7) is 5.08. The van der Waals surface area contributed by atoms with E-state index in [1.807, 2.05) is 6.92 Å². The van der Waals surface area contributed by atoms with Crippen molar-refractivity contribution in [2.45, 2.75) is 31.7 Å². The minimum atomic E-state index is -4.31. The van der Waals surface area contributed by atoms with Crippen LogP contribution < -0.4 is 5.73 Å². The molecule has 1 saturated heterocycles. The largest absolute Gasteiger partial charge is 0.416 e. The van der Waals surface area contributed by atoms with Crippen molar-refractivity contribution in [3.63, 3.8) is 0 Å². The minimum Gasteiger partial charge on any atom is -0.377 e. The van der Waals surface area contributed by atoms with Gasteiger partial charge in [-0.3, -0.25) is 4.90 Å². The molecule has 1 aliphatic rings. The van der Waals surface area contributed by atoms with E-state index in [4.69, 9.17) is 10.5 Å². The van der Waals surface area contributed by atoms with Gasteiger partial charge in [0.1, 0.15) is 0 Å². The van der Waals surface area contributed by atoms with Crippen molar-refractivity contribution < 1.29 is 17.9 Å². The van der Waals surface area contributed by atoms with Crippen molar-refractivity contribution in [1.29, 1.82) is 0 Å². The molecule has 2 rings (SSSR count). The van der Waals surface area contributed by atoms with Gasteiger partial charge in [0.25, 0.3) is 0 Å². The van der Waals surface area contributed by atoms with Gasteiger partial charge in [0.15, 0.2) is 0 Å². The van der Waals surface area contributed by atoms with E-state index >= 15 is 0 Å². The molecule has 3 nitrogen and oxygen atoms in total. The molecule has 1 aromatic rings. The van der Waals surface area contributed by atoms with E-state index in [0.29, 0.717) is 6.54 Å². The summed E-state index contributed by atoms with van der Waals surface area (Å²) in [5.41, 5.74) is 6.20. The zero-order valence-corrected chi connectivity index (χ0v) is 12.1. The molecule has 2 N–H and O–H groups in total. The van der Waals surface area contributed by atoms with E-state index in [1.54, 1.807) is 0 Å². The predicted octanol–water partition coefficient (Wildman–Crippen LogP) is 2.82. The van der Waals surface area contributed by atoms with E-state index in [9.17, 15) is 13.2 Å². The van der Waals surface area contributed by atoms with E-state index in [2.05, 4.69) is 4.90 Å². The first-order chi connectivity index (χ1) is 9.86. The average Bonchev–Trinajstić information content (AvgIpc) is 2.62. The second-order valence-corrected chi connectivity index (χ2v) is 5.52. The summed E-state index contributed by atoms with van der Waals surface area (Å²) in [5, 5.41) is 0. The maximum atomic E-state index is 12.5. The number of benzene rings is 1. The highest BCUT2D eigenvalue weighted by Crippen LogP contribution is 2.29. The van der Waals surface area contributed by atoms with E-state index in [0.717, 1.165) is 43.8 Å². The Morgan fingerprint density at radius 2 is 2.00 bits per heavy atom. The first kappa shape index (κ1) is 16.3.